The van der Waals surface area contributed by atoms with Gasteiger partial charge in [0, 0.05) is 47.0 Å². The highest BCUT2D eigenvalue weighted by Gasteiger charge is 2.32. The lowest BCUT2D eigenvalue weighted by Crippen LogP contribution is -2.20. The van der Waals surface area contributed by atoms with Gasteiger partial charge in [0.15, 0.2) is 0 Å². The van der Waals surface area contributed by atoms with E-state index in [1.54, 1.807) is 12.1 Å². The Morgan fingerprint density at radius 1 is 1.11 bits per heavy atom. The van der Waals surface area contributed by atoms with Crippen LogP contribution in [-0.4, -0.2) is 26.4 Å². The standard InChI is InChI=1S/C27H23F2N5O/c1-15-2-6-21-26(20-7-3-18(28)11-23(20)29)33-25(22(12-30)27(21)32-15)16-8-9-35-24(10-16)17-13-31-34(14-17)19-4-5-19/h2-3,6-7,11,13-14,16,19,24H,4-5,8-10H2,1H3/t16-,24-/m1/s1. The maximum absolute atomic E-state index is 14.9. The number of halogens is 2. The second kappa shape index (κ2) is 8.51. The van der Waals surface area contributed by atoms with Crippen molar-refractivity contribution in [2.75, 3.05) is 6.61 Å². The summed E-state index contributed by atoms with van der Waals surface area (Å²) in [6, 6.07) is 9.85. The van der Waals surface area contributed by atoms with Gasteiger partial charge >= 0.3 is 0 Å². The molecule has 2 aliphatic rings. The predicted molar refractivity (Wildman–Crippen MR) is 126 cm³/mol. The number of ether oxygens (including phenoxy) is 1. The predicted octanol–water partition coefficient (Wildman–Crippen LogP) is 5.92. The maximum atomic E-state index is 14.9. The third kappa shape index (κ3) is 3.96. The van der Waals surface area contributed by atoms with E-state index in [1.165, 1.54) is 12.1 Å². The molecule has 0 unspecified atom stereocenters. The van der Waals surface area contributed by atoms with Gasteiger partial charge in [0.25, 0.3) is 0 Å². The van der Waals surface area contributed by atoms with Crippen molar-refractivity contribution in [3.05, 3.63) is 76.9 Å². The van der Waals surface area contributed by atoms with Crippen LogP contribution in [-0.2, 0) is 4.74 Å². The molecule has 1 aromatic carbocycles. The van der Waals surface area contributed by atoms with Gasteiger partial charge in [0.1, 0.15) is 23.3 Å². The van der Waals surface area contributed by atoms with E-state index in [0.717, 1.165) is 30.2 Å². The molecule has 6 nitrogen and oxygen atoms in total. The van der Waals surface area contributed by atoms with Crippen LogP contribution in [0.25, 0.3) is 22.2 Å². The van der Waals surface area contributed by atoms with Gasteiger partial charge in [-0.25, -0.2) is 8.78 Å². The van der Waals surface area contributed by atoms with E-state index in [4.69, 9.17) is 9.72 Å². The second-order valence-corrected chi connectivity index (χ2v) is 9.37. The molecule has 0 amide bonds. The third-order valence-corrected chi connectivity index (χ3v) is 6.90. The minimum Gasteiger partial charge on any atom is -0.373 e. The monoisotopic (exact) mass is 471 g/mol. The Labute approximate surface area is 201 Å². The van der Waals surface area contributed by atoms with E-state index in [-0.39, 0.29) is 17.6 Å². The average Bonchev–Trinajstić information content (AvgIpc) is 3.59. The number of hydrogen-bond acceptors (Lipinski definition) is 5. The molecule has 2 fully saturated rings. The Bertz CT molecular complexity index is 1490. The minimum atomic E-state index is -0.702. The summed E-state index contributed by atoms with van der Waals surface area (Å²) in [7, 11) is 0. The Kier molecular flexibility index (Phi) is 5.30. The fourth-order valence-corrected chi connectivity index (χ4v) is 4.92. The largest absolute Gasteiger partial charge is 0.373 e. The summed E-state index contributed by atoms with van der Waals surface area (Å²) in [6.45, 7) is 2.36. The van der Waals surface area contributed by atoms with Crippen molar-refractivity contribution in [1.29, 1.82) is 5.26 Å². The summed E-state index contributed by atoms with van der Waals surface area (Å²) in [5, 5.41) is 15.2. The Hall–Kier alpha value is -3.70. The minimum absolute atomic E-state index is 0.0818. The number of nitriles is 1. The third-order valence-electron chi connectivity index (χ3n) is 6.90. The van der Waals surface area contributed by atoms with Crippen molar-refractivity contribution >= 4 is 10.9 Å². The molecule has 0 N–H and O–H groups in total. The number of hydrogen-bond donors (Lipinski definition) is 0. The van der Waals surface area contributed by atoms with E-state index in [1.807, 2.05) is 24.0 Å². The first kappa shape index (κ1) is 21.8. The molecule has 1 saturated carbocycles. The number of fused-ring (bicyclic) bond motifs is 1. The van der Waals surface area contributed by atoms with Gasteiger partial charge in [-0.3, -0.25) is 14.6 Å². The number of pyridine rings is 2. The van der Waals surface area contributed by atoms with Crippen molar-refractivity contribution in [3.63, 3.8) is 0 Å². The van der Waals surface area contributed by atoms with E-state index >= 15 is 0 Å². The molecule has 1 aliphatic heterocycles. The topological polar surface area (TPSA) is 76.6 Å². The lowest BCUT2D eigenvalue weighted by molar-refractivity contribution is 0.00459. The molecular weight excluding hydrogens is 448 g/mol. The van der Waals surface area contributed by atoms with Crippen LogP contribution in [0.15, 0.2) is 42.7 Å². The summed E-state index contributed by atoms with van der Waals surface area (Å²) in [5.41, 5.74) is 3.77. The fraction of sp³-hybridized carbons (Fsp3) is 0.333. The van der Waals surface area contributed by atoms with Gasteiger partial charge < -0.3 is 4.74 Å². The van der Waals surface area contributed by atoms with Gasteiger partial charge in [0.05, 0.1) is 35.2 Å². The summed E-state index contributed by atoms with van der Waals surface area (Å²) < 4.78 is 36.6. The Morgan fingerprint density at radius 3 is 2.74 bits per heavy atom. The fourth-order valence-electron chi connectivity index (χ4n) is 4.92. The molecule has 0 spiro atoms. The molecule has 4 aromatic rings. The summed E-state index contributed by atoms with van der Waals surface area (Å²) in [4.78, 5) is 9.49. The highest BCUT2D eigenvalue weighted by molar-refractivity contribution is 5.96. The molecule has 0 radical (unpaired) electrons. The second-order valence-electron chi connectivity index (χ2n) is 9.37. The summed E-state index contributed by atoms with van der Waals surface area (Å²) >= 11 is 0. The highest BCUT2D eigenvalue weighted by atomic mass is 19.1. The summed E-state index contributed by atoms with van der Waals surface area (Å²) in [5.74, 6) is -1.44. The van der Waals surface area contributed by atoms with E-state index in [2.05, 4.69) is 16.2 Å². The number of benzene rings is 1. The van der Waals surface area contributed by atoms with Crippen molar-refractivity contribution in [2.24, 2.45) is 0 Å². The van der Waals surface area contributed by atoms with Crippen molar-refractivity contribution in [3.8, 4) is 17.3 Å². The lowest BCUT2D eigenvalue weighted by Gasteiger charge is -2.29. The van der Waals surface area contributed by atoms with Gasteiger partial charge in [-0.15, -0.1) is 0 Å². The molecule has 4 heterocycles. The normalized spacial score (nSPS) is 20.2. The van der Waals surface area contributed by atoms with Crippen LogP contribution in [0, 0.1) is 29.9 Å². The molecule has 35 heavy (non-hydrogen) atoms. The van der Waals surface area contributed by atoms with Crippen LogP contribution >= 0.6 is 0 Å². The van der Waals surface area contributed by atoms with Crippen LogP contribution in [0.1, 0.15) is 66.3 Å². The van der Waals surface area contributed by atoms with Crippen LogP contribution in [0.5, 0.6) is 0 Å². The first-order chi connectivity index (χ1) is 17.0. The molecule has 6 rings (SSSR count). The van der Waals surface area contributed by atoms with Crippen molar-refractivity contribution in [2.45, 2.75) is 50.7 Å². The zero-order valence-corrected chi connectivity index (χ0v) is 19.2. The smallest absolute Gasteiger partial charge is 0.135 e. The van der Waals surface area contributed by atoms with E-state index in [9.17, 15) is 14.0 Å². The first-order valence-corrected chi connectivity index (χ1v) is 11.8. The summed E-state index contributed by atoms with van der Waals surface area (Å²) in [6.07, 6.45) is 7.34. The Balaban J connectivity index is 1.47. The molecule has 176 valence electrons. The van der Waals surface area contributed by atoms with Crippen molar-refractivity contribution < 1.29 is 13.5 Å². The SMILES string of the molecule is Cc1ccc2c(-c3ccc(F)cc3F)nc([C@@H]3CCO[C@@H](c4cnn(C5CC5)c4)C3)c(C#N)c2n1. The number of rotatable bonds is 4. The number of aromatic nitrogens is 4. The zero-order chi connectivity index (χ0) is 24.1. The highest BCUT2D eigenvalue weighted by Crippen LogP contribution is 2.42. The molecule has 2 atom stereocenters. The number of nitrogens with zero attached hydrogens (tertiary/aromatic N) is 5. The van der Waals surface area contributed by atoms with Crippen LogP contribution < -0.4 is 0 Å². The van der Waals surface area contributed by atoms with Crippen LogP contribution in [0.3, 0.4) is 0 Å². The molecule has 1 saturated heterocycles. The Morgan fingerprint density at radius 2 is 1.97 bits per heavy atom. The van der Waals surface area contributed by atoms with E-state index in [0.29, 0.717) is 53.3 Å². The molecular formula is C27H23F2N5O. The molecule has 3 aromatic heterocycles. The maximum Gasteiger partial charge on any atom is 0.135 e. The van der Waals surface area contributed by atoms with E-state index < -0.39 is 11.6 Å². The molecule has 0 bridgehead atoms. The quantitative estimate of drug-likeness (QED) is 0.369. The number of aryl methyl sites for hydroxylation is 1. The van der Waals surface area contributed by atoms with Gasteiger partial charge in [-0.2, -0.15) is 10.4 Å². The van der Waals surface area contributed by atoms with Gasteiger partial charge in [-0.1, -0.05) is 0 Å². The van der Waals surface area contributed by atoms with Gasteiger partial charge in [-0.05, 0) is 56.9 Å². The molecule has 8 heteroatoms. The van der Waals surface area contributed by atoms with Crippen LogP contribution in [0.4, 0.5) is 8.78 Å². The molecule has 1 aliphatic carbocycles. The lowest BCUT2D eigenvalue weighted by atomic mass is 9.86. The van der Waals surface area contributed by atoms with Crippen molar-refractivity contribution in [1.82, 2.24) is 19.7 Å². The van der Waals surface area contributed by atoms with Crippen LogP contribution in [0.2, 0.25) is 0 Å². The average molecular weight is 472 g/mol. The zero-order valence-electron chi connectivity index (χ0n) is 19.2. The van der Waals surface area contributed by atoms with Gasteiger partial charge in [0.2, 0.25) is 0 Å². The first-order valence-electron chi connectivity index (χ1n) is 11.8.